The molecule has 2 aromatic rings. The molecule has 0 saturated heterocycles. The highest BCUT2D eigenvalue weighted by molar-refractivity contribution is 9.10. The first-order valence-corrected chi connectivity index (χ1v) is 6.38. The molecule has 17 heavy (non-hydrogen) atoms. The third-order valence-corrected chi connectivity index (χ3v) is 4.01. The molecule has 1 aromatic carbocycles. The van der Waals surface area contributed by atoms with E-state index in [-0.39, 0.29) is 15.7 Å². The lowest BCUT2D eigenvalue weighted by Gasteiger charge is -2.08. The Bertz CT molecular complexity index is 673. The highest BCUT2D eigenvalue weighted by atomic mass is 79.9. The number of aromatic nitrogens is 1. The number of hydrogen-bond acceptors (Lipinski definition) is 1. The van der Waals surface area contributed by atoms with Gasteiger partial charge in [-0.15, -0.1) is 0 Å². The summed E-state index contributed by atoms with van der Waals surface area (Å²) >= 11 is 3.15. The van der Waals surface area contributed by atoms with Crippen molar-refractivity contribution in [3.63, 3.8) is 0 Å². The number of nitrogens with one attached hydrogen (secondary N) is 1. The van der Waals surface area contributed by atoms with E-state index in [0.29, 0.717) is 11.3 Å². The summed E-state index contributed by atoms with van der Waals surface area (Å²) in [5.41, 5.74) is 2.37. The molecule has 0 spiro atoms. The molecule has 4 heteroatoms. The van der Waals surface area contributed by atoms with E-state index in [1.165, 1.54) is 6.07 Å². The predicted octanol–water partition coefficient (Wildman–Crippen LogP) is 3.62. The van der Waals surface area contributed by atoms with Gasteiger partial charge in [-0.2, -0.15) is 0 Å². The van der Waals surface area contributed by atoms with Crippen LogP contribution in [0.15, 0.2) is 21.4 Å². The van der Waals surface area contributed by atoms with Crippen molar-refractivity contribution in [2.24, 2.45) is 0 Å². The van der Waals surface area contributed by atoms with Crippen LogP contribution in [0.1, 0.15) is 30.0 Å². The number of aromatic amines is 1. The van der Waals surface area contributed by atoms with E-state index in [4.69, 9.17) is 0 Å². The van der Waals surface area contributed by atoms with Crippen LogP contribution in [0, 0.1) is 12.7 Å². The van der Waals surface area contributed by atoms with Gasteiger partial charge in [0.05, 0.1) is 15.4 Å². The topological polar surface area (TPSA) is 32.9 Å². The normalized spacial score (nSPS) is 15.5. The van der Waals surface area contributed by atoms with Crippen LogP contribution < -0.4 is 5.43 Å². The van der Waals surface area contributed by atoms with Crippen LogP contribution in [-0.2, 0) is 0 Å². The quantitative estimate of drug-likeness (QED) is 0.856. The standard InChI is InChI=1S/C13H11BrFNO/c1-6-4-8(15)12(14)11-10(17)5-9(7-2-3-7)16-13(6)11/h4-5,7H,2-3H2,1H3,(H,16,17). The summed E-state index contributed by atoms with van der Waals surface area (Å²) in [4.78, 5) is 15.3. The number of halogens is 2. The Kier molecular flexibility index (Phi) is 2.36. The zero-order valence-electron chi connectivity index (χ0n) is 9.31. The number of fused-ring (bicyclic) bond motifs is 1. The second-order valence-electron chi connectivity index (χ2n) is 4.60. The fourth-order valence-corrected chi connectivity index (χ4v) is 2.66. The molecular weight excluding hydrogens is 285 g/mol. The van der Waals surface area contributed by atoms with Crippen LogP contribution in [-0.4, -0.2) is 4.98 Å². The number of benzene rings is 1. The highest BCUT2D eigenvalue weighted by Crippen LogP contribution is 2.39. The van der Waals surface area contributed by atoms with Gasteiger partial charge in [0, 0.05) is 11.8 Å². The van der Waals surface area contributed by atoms with Gasteiger partial charge in [-0.1, -0.05) is 0 Å². The summed E-state index contributed by atoms with van der Waals surface area (Å²) in [5.74, 6) is 0.0926. The summed E-state index contributed by atoms with van der Waals surface area (Å²) in [7, 11) is 0. The molecule has 0 amide bonds. The maximum absolute atomic E-state index is 13.6. The van der Waals surface area contributed by atoms with Crippen molar-refractivity contribution < 1.29 is 4.39 Å². The third kappa shape index (κ3) is 1.71. The van der Waals surface area contributed by atoms with E-state index in [1.54, 1.807) is 6.07 Å². The summed E-state index contributed by atoms with van der Waals surface area (Å²) in [6.45, 7) is 1.81. The molecule has 2 nitrogen and oxygen atoms in total. The van der Waals surface area contributed by atoms with Crippen molar-refractivity contribution in [2.75, 3.05) is 0 Å². The lowest BCUT2D eigenvalue weighted by Crippen LogP contribution is -2.07. The van der Waals surface area contributed by atoms with Crippen LogP contribution >= 0.6 is 15.9 Å². The lowest BCUT2D eigenvalue weighted by atomic mass is 10.1. The summed E-state index contributed by atoms with van der Waals surface area (Å²) in [5, 5.41) is 0.409. The monoisotopic (exact) mass is 295 g/mol. The Morgan fingerprint density at radius 3 is 2.76 bits per heavy atom. The van der Waals surface area contributed by atoms with Gasteiger partial charge >= 0.3 is 0 Å². The third-order valence-electron chi connectivity index (χ3n) is 3.24. The molecule has 0 bridgehead atoms. The molecule has 3 rings (SSSR count). The second-order valence-corrected chi connectivity index (χ2v) is 5.40. The summed E-state index contributed by atoms with van der Waals surface area (Å²) in [6, 6.07) is 3.04. The van der Waals surface area contributed by atoms with Gasteiger partial charge in [0.15, 0.2) is 5.43 Å². The van der Waals surface area contributed by atoms with Crippen LogP contribution in [0.4, 0.5) is 4.39 Å². The average molecular weight is 296 g/mol. The number of hydrogen-bond donors (Lipinski definition) is 1. The first kappa shape index (κ1) is 11.0. The Hall–Kier alpha value is -1.16. The molecule has 1 N–H and O–H groups in total. The SMILES string of the molecule is Cc1cc(F)c(Br)c2c(=O)cc(C3CC3)[nH]c12. The minimum absolute atomic E-state index is 0.116. The molecule has 1 fully saturated rings. The number of rotatable bonds is 1. The molecule has 0 aliphatic heterocycles. The molecule has 0 unspecified atom stereocenters. The molecule has 1 aliphatic carbocycles. The van der Waals surface area contributed by atoms with Gasteiger partial charge in [0.25, 0.3) is 0 Å². The number of pyridine rings is 1. The van der Waals surface area contributed by atoms with Crippen molar-refractivity contribution in [2.45, 2.75) is 25.7 Å². The Morgan fingerprint density at radius 1 is 1.41 bits per heavy atom. The Morgan fingerprint density at radius 2 is 2.12 bits per heavy atom. The maximum Gasteiger partial charge on any atom is 0.190 e. The maximum atomic E-state index is 13.6. The van der Waals surface area contributed by atoms with E-state index in [1.807, 2.05) is 6.92 Å². The molecule has 1 aromatic heterocycles. The van der Waals surface area contributed by atoms with E-state index in [2.05, 4.69) is 20.9 Å². The molecule has 0 radical (unpaired) electrons. The van der Waals surface area contributed by atoms with Crippen LogP contribution in [0.25, 0.3) is 10.9 Å². The number of H-pyrrole nitrogens is 1. The van der Waals surface area contributed by atoms with Crippen LogP contribution in [0.5, 0.6) is 0 Å². The van der Waals surface area contributed by atoms with E-state index in [0.717, 1.165) is 29.6 Å². The average Bonchev–Trinajstić information content (AvgIpc) is 3.09. The predicted molar refractivity (Wildman–Crippen MR) is 68.9 cm³/mol. The molecule has 0 atom stereocenters. The van der Waals surface area contributed by atoms with Crippen LogP contribution in [0.3, 0.4) is 0 Å². The molecule has 88 valence electrons. The fourth-order valence-electron chi connectivity index (χ4n) is 2.15. The van der Waals surface area contributed by atoms with Crippen LogP contribution in [0.2, 0.25) is 0 Å². The van der Waals surface area contributed by atoms with Gasteiger partial charge in [-0.3, -0.25) is 4.79 Å². The molecule has 1 saturated carbocycles. The highest BCUT2D eigenvalue weighted by Gasteiger charge is 2.25. The first-order valence-electron chi connectivity index (χ1n) is 5.59. The smallest absolute Gasteiger partial charge is 0.190 e. The molecule has 1 heterocycles. The minimum atomic E-state index is -0.389. The minimum Gasteiger partial charge on any atom is -0.358 e. The van der Waals surface area contributed by atoms with Gasteiger partial charge < -0.3 is 4.98 Å². The van der Waals surface area contributed by atoms with Gasteiger partial charge in [-0.05, 0) is 53.2 Å². The van der Waals surface area contributed by atoms with Crippen molar-refractivity contribution >= 4 is 26.8 Å². The van der Waals surface area contributed by atoms with Gasteiger partial charge in [0.1, 0.15) is 5.82 Å². The van der Waals surface area contributed by atoms with Gasteiger partial charge in [-0.25, -0.2) is 4.39 Å². The summed E-state index contributed by atoms with van der Waals surface area (Å²) < 4.78 is 13.8. The molecular formula is C13H11BrFNO. The fraction of sp³-hybridized carbons (Fsp3) is 0.308. The van der Waals surface area contributed by atoms with E-state index in [9.17, 15) is 9.18 Å². The van der Waals surface area contributed by atoms with Crippen molar-refractivity contribution in [1.29, 1.82) is 0 Å². The molecule has 1 aliphatic rings. The van der Waals surface area contributed by atoms with Crippen molar-refractivity contribution in [1.82, 2.24) is 4.98 Å². The summed E-state index contributed by atoms with van der Waals surface area (Å²) in [6.07, 6.45) is 2.26. The largest absolute Gasteiger partial charge is 0.358 e. The van der Waals surface area contributed by atoms with Gasteiger partial charge in [0.2, 0.25) is 0 Å². The zero-order chi connectivity index (χ0) is 12.2. The van der Waals surface area contributed by atoms with Crippen molar-refractivity contribution in [3.8, 4) is 0 Å². The van der Waals surface area contributed by atoms with E-state index < -0.39 is 0 Å². The van der Waals surface area contributed by atoms with Crippen molar-refractivity contribution in [3.05, 3.63) is 43.9 Å². The number of aryl methyl sites for hydroxylation is 1. The van der Waals surface area contributed by atoms with E-state index >= 15 is 0 Å². The first-order chi connectivity index (χ1) is 8.08. The Labute approximate surface area is 106 Å². The zero-order valence-corrected chi connectivity index (χ0v) is 10.9. The Balaban J connectivity index is 2.42. The lowest BCUT2D eigenvalue weighted by molar-refractivity contribution is 0.622. The second kappa shape index (κ2) is 3.67.